The summed E-state index contributed by atoms with van der Waals surface area (Å²) in [4.78, 5) is 10.3. The van der Waals surface area contributed by atoms with E-state index in [0.717, 1.165) is 13.0 Å². The van der Waals surface area contributed by atoms with Crippen LogP contribution in [0.15, 0.2) is 24.5 Å². The quantitative estimate of drug-likeness (QED) is 0.754. The van der Waals surface area contributed by atoms with Crippen molar-refractivity contribution in [2.24, 2.45) is 5.92 Å². The zero-order valence-electron chi connectivity index (χ0n) is 7.81. The second-order valence-electron chi connectivity index (χ2n) is 3.42. The monoisotopic (exact) mass is 181 g/mol. The third-order valence-electron chi connectivity index (χ3n) is 2.04. The molecule has 0 saturated carbocycles. The molecule has 3 nitrogen and oxygen atoms in total. The van der Waals surface area contributed by atoms with Gasteiger partial charge in [0.15, 0.2) is 0 Å². The zero-order valence-corrected chi connectivity index (χ0v) is 7.81. The highest BCUT2D eigenvalue weighted by atomic mass is 16.4. The van der Waals surface area contributed by atoms with Crippen molar-refractivity contribution in [2.75, 3.05) is 0 Å². The molecule has 0 aliphatic heterocycles. The smallest absolute Gasteiger partial charge is 0.303 e. The van der Waals surface area contributed by atoms with Crippen LogP contribution < -0.4 is 0 Å². The summed E-state index contributed by atoms with van der Waals surface area (Å²) in [6, 6.07) is 3.95. The predicted molar refractivity (Wildman–Crippen MR) is 50.5 cm³/mol. The van der Waals surface area contributed by atoms with Crippen LogP contribution in [0.1, 0.15) is 19.8 Å². The van der Waals surface area contributed by atoms with Gasteiger partial charge in [-0.05, 0) is 24.5 Å². The van der Waals surface area contributed by atoms with Gasteiger partial charge in [0, 0.05) is 25.4 Å². The highest BCUT2D eigenvalue weighted by Gasteiger charge is 2.05. The SMILES string of the molecule is CC(CCC(=O)O)Cn1cccc1. The molecular formula is C10H15NO2. The molecule has 1 aromatic heterocycles. The van der Waals surface area contributed by atoms with E-state index in [1.54, 1.807) is 0 Å². The first kappa shape index (κ1) is 9.84. The van der Waals surface area contributed by atoms with E-state index < -0.39 is 5.97 Å². The summed E-state index contributed by atoms with van der Waals surface area (Å²) in [7, 11) is 0. The van der Waals surface area contributed by atoms with Crippen molar-refractivity contribution in [3.63, 3.8) is 0 Å². The van der Waals surface area contributed by atoms with Crippen molar-refractivity contribution in [3.05, 3.63) is 24.5 Å². The first-order chi connectivity index (χ1) is 6.18. The standard InChI is InChI=1S/C10H15NO2/c1-9(4-5-10(12)13)8-11-6-2-3-7-11/h2-3,6-7,9H,4-5,8H2,1H3,(H,12,13). The zero-order chi connectivity index (χ0) is 9.68. The molecule has 1 aromatic rings. The fraction of sp³-hybridized carbons (Fsp3) is 0.500. The Balaban J connectivity index is 2.25. The van der Waals surface area contributed by atoms with Crippen LogP contribution in [0.2, 0.25) is 0 Å². The lowest BCUT2D eigenvalue weighted by molar-refractivity contribution is -0.137. The van der Waals surface area contributed by atoms with E-state index in [4.69, 9.17) is 5.11 Å². The third kappa shape index (κ3) is 3.78. The number of rotatable bonds is 5. The number of hydrogen-bond donors (Lipinski definition) is 1. The van der Waals surface area contributed by atoms with Crippen LogP contribution in [-0.2, 0) is 11.3 Å². The Morgan fingerprint density at radius 3 is 2.62 bits per heavy atom. The van der Waals surface area contributed by atoms with Crippen molar-refractivity contribution in [3.8, 4) is 0 Å². The second kappa shape index (κ2) is 4.70. The highest BCUT2D eigenvalue weighted by Crippen LogP contribution is 2.08. The lowest BCUT2D eigenvalue weighted by Gasteiger charge is -2.10. The van der Waals surface area contributed by atoms with Crippen LogP contribution in [0, 0.1) is 5.92 Å². The van der Waals surface area contributed by atoms with Gasteiger partial charge in [-0.15, -0.1) is 0 Å². The largest absolute Gasteiger partial charge is 0.481 e. The molecule has 1 N–H and O–H groups in total. The van der Waals surface area contributed by atoms with Crippen LogP contribution in [0.4, 0.5) is 0 Å². The molecule has 0 aromatic carbocycles. The molecule has 1 unspecified atom stereocenters. The van der Waals surface area contributed by atoms with Crippen molar-refractivity contribution in [1.29, 1.82) is 0 Å². The average Bonchev–Trinajstić information content (AvgIpc) is 2.53. The minimum Gasteiger partial charge on any atom is -0.481 e. The van der Waals surface area contributed by atoms with Crippen LogP contribution in [0.5, 0.6) is 0 Å². The minimum absolute atomic E-state index is 0.266. The van der Waals surface area contributed by atoms with E-state index in [1.165, 1.54) is 0 Å². The van der Waals surface area contributed by atoms with Gasteiger partial charge in [0.1, 0.15) is 0 Å². The lowest BCUT2D eigenvalue weighted by atomic mass is 10.1. The Morgan fingerprint density at radius 2 is 2.08 bits per heavy atom. The predicted octanol–water partition coefficient (Wildman–Crippen LogP) is 1.99. The van der Waals surface area contributed by atoms with Crippen LogP contribution >= 0.6 is 0 Å². The number of carboxylic acids is 1. The number of carboxylic acid groups (broad SMARTS) is 1. The van der Waals surface area contributed by atoms with E-state index in [9.17, 15) is 4.79 Å². The molecular weight excluding hydrogens is 166 g/mol. The van der Waals surface area contributed by atoms with E-state index in [0.29, 0.717) is 5.92 Å². The van der Waals surface area contributed by atoms with Crippen LogP contribution in [0.3, 0.4) is 0 Å². The minimum atomic E-state index is -0.709. The molecule has 13 heavy (non-hydrogen) atoms. The summed E-state index contributed by atoms with van der Waals surface area (Å²) in [6.07, 6.45) is 5.00. The van der Waals surface area contributed by atoms with Crippen molar-refractivity contribution < 1.29 is 9.90 Å². The maximum atomic E-state index is 10.3. The van der Waals surface area contributed by atoms with Gasteiger partial charge in [0.2, 0.25) is 0 Å². The van der Waals surface area contributed by atoms with Gasteiger partial charge in [0.05, 0.1) is 0 Å². The van der Waals surface area contributed by atoms with E-state index in [2.05, 4.69) is 11.5 Å². The Kier molecular flexibility index (Phi) is 3.55. The Hall–Kier alpha value is -1.25. The normalized spacial score (nSPS) is 12.7. The van der Waals surface area contributed by atoms with Gasteiger partial charge in [-0.2, -0.15) is 0 Å². The van der Waals surface area contributed by atoms with E-state index in [-0.39, 0.29) is 6.42 Å². The molecule has 1 rings (SSSR count). The summed E-state index contributed by atoms with van der Waals surface area (Å²) < 4.78 is 2.08. The van der Waals surface area contributed by atoms with Crippen LogP contribution in [-0.4, -0.2) is 15.6 Å². The average molecular weight is 181 g/mol. The summed E-state index contributed by atoms with van der Waals surface area (Å²) >= 11 is 0. The van der Waals surface area contributed by atoms with Gasteiger partial charge < -0.3 is 9.67 Å². The molecule has 0 saturated heterocycles. The van der Waals surface area contributed by atoms with Gasteiger partial charge in [0.25, 0.3) is 0 Å². The fourth-order valence-electron chi connectivity index (χ4n) is 1.31. The van der Waals surface area contributed by atoms with Gasteiger partial charge in [-0.25, -0.2) is 0 Å². The fourth-order valence-corrected chi connectivity index (χ4v) is 1.31. The van der Waals surface area contributed by atoms with Gasteiger partial charge >= 0.3 is 5.97 Å². The van der Waals surface area contributed by atoms with Crippen molar-refractivity contribution >= 4 is 5.97 Å². The van der Waals surface area contributed by atoms with Crippen LogP contribution in [0.25, 0.3) is 0 Å². The number of hydrogen-bond acceptors (Lipinski definition) is 1. The van der Waals surface area contributed by atoms with E-state index >= 15 is 0 Å². The summed E-state index contributed by atoms with van der Waals surface area (Å²) in [6.45, 7) is 2.98. The molecule has 0 amide bonds. The molecule has 1 heterocycles. The first-order valence-electron chi connectivity index (χ1n) is 4.51. The number of aliphatic carboxylic acids is 1. The molecule has 1 atom stereocenters. The topological polar surface area (TPSA) is 42.2 Å². The summed E-state index contributed by atoms with van der Waals surface area (Å²) in [5.41, 5.74) is 0. The lowest BCUT2D eigenvalue weighted by Crippen LogP contribution is -2.07. The Morgan fingerprint density at radius 1 is 1.46 bits per heavy atom. The molecule has 0 bridgehead atoms. The maximum Gasteiger partial charge on any atom is 0.303 e. The molecule has 3 heteroatoms. The Labute approximate surface area is 78.0 Å². The van der Waals surface area contributed by atoms with Gasteiger partial charge in [-0.1, -0.05) is 6.92 Å². The van der Waals surface area contributed by atoms with E-state index in [1.807, 2.05) is 24.5 Å². The maximum absolute atomic E-state index is 10.3. The molecule has 0 fully saturated rings. The number of aromatic nitrogens is 1. The summed E-state index contributed by atoms with van der Waals surface area (Å²) in [5.74, 6) is -0.289. The summed E-state index contributed by atoms with van der Waals surface area (Å²) in [5, 5.41) is 8.48. The molecule has 0 aliphatic rings. The van der Waals surface area contributed by atoms with Gasteiger partial charge in [-0.3, -0.25) is 4.79 Å². The Bertz CT molecular complexity index is 254. The number of nitrogens with zero attached hydrogens (tertiary/aromatic N) is 1. The second-order valence-corrected chi connectivity index (χ2v) is 3.42. The molecule has 0 aliphatic carbocycles. The van der Waals surface area contributed by atoms with Crippen molar-refractivity contribution in [1.82, 2.24) is 4.57 Å². The highest BCUT2D eigenvalue weighted by molar-refractivity contribution is 5.66. The molecule has 0 radical (unpaired) electrons. The third-order valence-corrected chi connectivity index (χ3v) is 2.04. The number of carbonyl (C=O) groups is 1. The first-order valence-corrected chi connectivity index (χ1v) is 4.51. The molecule has 72 valence electrons. The van der Waals surface area contributed by atoms with Crippen molar-refractivity contribution in [2.45, 2.75) is 26.3 Å². The molecule has 0 spiro atoms.